The molecule has 0 aliphatic carbocycles. The molecule has 124 valence electrons. The Morgan fingerprint density at radius 1 is 1.39 bits per heavy atom. The molecule has 9 heteroatoms. The second-order valence-corrected chi connectivity index (χ2v) is 7.30. The first-order chi connectivity index (χ1) is 10.7. The highest BCUT2D eigenvalue weighted by atomic mass is 35.5. The summed E-state index contributed by atoms with van der Waals surface area (Å²) in [5.74, 6) is -0.830. The molecule has 0 aliphatic heterocycles. The summed E-state index contributed by atoms with van der Waals surface area (Å²) in [5, 5.41) is 16.5. The van der Waals surface area contributed by atoms with Gasteiger partial charge in [-0.3, -0.25) is 4.79 Å². The molecule has 1 aromatic heterocycles. The highest BCUT2D eigenvalue weighted by Gasteiger charge is 2.24. The first-order valence-electron chi connectivity index (χ1n) is 6.70. The van der Waals surface area contributed by atoms with Gasteiger partial charge < -0.3 is 10.4 Å². The maximum atomic E-state index is 12.5. The van der Waals surface area contributed by atoms with Crippen molar-refractivity contribution in [2.75, 3.05) is 18.1 Å². The summed E-state index contributed by atoms with van der Waals surface area (Å²) in [5.41, 5.74) is 0.244. The van der Waals surface area contributed by atoms with Gasteiger partial charge in [0.15, 0.2) is 9.84 Å². The Balaban J connectivity index is 2.63. The van der Waals surface area contributed by atoms with E-state index in [1.165, 1.54) is 25.4 Å². The van der Waals surface area contributed by atoms with E-state index in [-0.39, 0.29) is 32.6 Å². The zero-order valence-electron chi connectivity index (χ0n) is 12.8. The van der Waals surface area contributed by atoms with Crippen molar-refractivity contribution >= 4 is 32.9 Å². The number of aryl methyl sites for hydroxylation is 1. The summed E-state index contributed by atoms with van der Waals surface area (Å²) in [6.45, 7) is 2.21. The number of carbonyl (C=O) groups is 1. The van der Waals surface area contributed by atoms with Gasteiger partial charge in [0.05, 0.1) is 21.8 Å². The van der Waals surface area contributed by atoms with Gasteiger partial charge in [0.2, 0.25) is 11.7 Å². The molecule has 1 aromatic carbocycles. The summed E-state index contributed by atoms with van der Waals surface area (Å²) < 4.78 is 24.9. The molecule has 0 radical (unpaired) electrons. The second-order valence-electron chi connectivity index (χ2n) is 4.94. The Morgan fingerprint density at radius 2 is 2.04 bits per heavy atom. The quantitative estimate of drug-likeness (QED) is 0.792. The van der Waals surface area contributed by atoms with E-state index in [1.807, 2.05) is 0 Å². The van der Waals surface area contributed by atoms with E-state index in [2.05, 4.69) is 10.4 Å². The lowest BCUT2D eigenvalue weighted by Gasteiger charge is -2.14. The van der Waals surface area contributed by atoms with Crippen molar-refractivity contribution in [3.05, 3.63) is 34.5 Å². The van der Waals surface area contributed by atoms with E-state index >= 15 is 0 Å². The van der Waals surface area contributed by atoms with Gasteiger partial charge in [-0.2, -0.15) is 5.10 Å². The molecule has 0 saturated carbocycles. The van der Waals surface area contributed by atoms with Gasteiger partial charge in [0.1, 0.15) is 5.56 Å². The van der Waals surface area contributed by atoms with Crippen molar-refractivity contribution in [1.29, 1.82) is 0 Å². The van der Waals surface area contributed by atoms with Crippen LogP contribution in [0.3, 0.4) is 0 Å². The molecule has 0 unspecified atom stereocenters. The van der Waals surface area contributed by atoms with Crippen LogP contribution in [0, 0.1) is 0 Å². The van der Waals surface area contributed by atoms with Crippen LogP contribution in [0.1, 0.15) is 22.8 Å². The minimum atomic E-state index is -3.51. The number of carbonyl (C=O) groups excluding carboxylic acids is 1. The number of halogens is 1. The fourth-order valence-electron chi connectivity index (χ4n) is 2.12. The molecule has 2 aromatic rings. The highest BCUT2D eigenvalue weighted by Crippen LogP contribution is 2.34. The first kappa shape index (κ1) is 17.3. The SMILES string of the molecule is CCNc1c(S(C)(=O)=O)ccc(C(=O)c2cnn(C)c2O)c1Cl. The summed E-state index contributed by atoms with van der Waals surface area (Å²) in [4.78, 5) is 12.6. The maximum absolute atomic E-state index is 12.5. The van der Waals surface area contributed by atoms with Crippen LogP contribution in [-0.4, -0.2) is 41.9 Å². The van der Waals surface area contributed by atoms with E-state index in [0.29, 0.717) is 6.54 Å². The third-order valence-corrected chi connectivity index (χ3v) is 4.79. The Hall–Kier alpha value is -2.06. The van der Waals surface area contributed by atoms with Gasteiger partial charge in [-0.25, -0.2) is 13.1 Å². The Morgan fingerprint density at radius 3 is 2.52 bits per heavy atom. The van der Waals surface area contributed by atoms with Crippen LogP contribution in [0.4, 0.5) is 5.69 Å². The molecule has 2 rings (SSSR count). The first-order valence-corrected chi connectivity index (χ1v) is 8.97. The number of sulfone groups is 1. The van der Waals surface area contributed by atoms with Gasteiger partial charge in [-0.05, 0) is 19.1 Å². The lowest BCUT2D eigenvalue weighted by Crippen LogP contribution is -2.10. The fourth-order valence-corrected chi connectivity index (χ4v) is 3.35. The van der Waals surface area contributed by atoms with Crippen molar-refractivity contribution in [1.82, 2.24) is 9.78 Å². The minimum Gasteiger partial charge on any atom is -0.493 e. The molecule has 0 atom stereocenters. The molecule has 0 fully saturated rings. The monoisotopic (exact) mass is 357 g/mol. The molecule has 0 amide bonds. The molecule has 0 bridgehead atoms. The van der Waals surface area contributed by atoms with Crippen LogP contribution in [0.25, 0.3) is 0 Å². The summed E-state index contributed by atoms with van der Waals surface area (Å²) in [7, 11) is -2.02. The third kappa shape index (κ3) is 3.18. The van der Waals surface area contributed by atoms with E-state index in [1.54, 1.807) is 6.92 Å². The van der Waals surface area contributed by atoms with Gasteiger partial charge in [-0.1, -0.05) is 11.6 Å². The molecule has 7 nitrogen and oxygen atoms in total. The number of nitrogens with one attached hydrogen (secondary N) is 1. The zero-order chi connectivity index (χ0) is 17.4. The lowest BCUT2D eigenvalue weighted by molar-refractivity contribution is 0.103. The number of benzene rings is 1. The molecule has 0 aliphatic rings. The molecule has 0 spiro atoms. The smallest absolute Gasteiger partial charge is 0.220 e. The van der Waals surface area contributed by atoms with Crippen molar-refractivity contribution in [3.8, 4) is 5.88 Å². The van der Waals surface area contributed by atoms with Crippen LogP contribution < -0.4 is 5.32 Å². The Bertz CT molecular complexity index is 874. The lowest BCUT2D eigenvalue weighted by atomic mass is 10.0. The van der Waals surface area contributed by atoms with Gasteiger partial charge >= 0.3 is 0 Å². The predicted octanol–water partition coefficient (Wildman–Crippen LogP) is 1.85. The molecule has 0 saturated heterocycles. The number of rotatable bonds is 5. The summed E-state index contributed by atoms with van der Waals surface area (Å²) >= 11 is 6.25. The van der Waals surface area contributed by atoms with Gasteiger partial charge in [0.25, 0.3) is 0 Å². The van der Waals surface area contributed by atoms with Gasteiger partial charge in [-0.15, -0.1) is 0 Å². The van der Waals surface area contributed by atoms with Crippen molar-refractivity contribution < 1.29 is 18.3 Å². The summed E-state index contributed by atoms with van der Waals surface area (Å²) in [6.07, 6.45) is 2.29. The third-order valence-electron chi connectivity index (χ3n) is 3.25. The van der Waals surface area contributed by atoms with E-state index < -0.39 is 15.6 Å². The number of hydrogen-bond donors (Lipinski definition) is 2. The topological polar surface area (TPSA) is 101 Å². The standard InChI is InChI=1S/C14H16ClN3O4S/c1-4-16-12-10(23(3,21)22)6-5-8(11(12)15)13(19)9-7-17-18(2)14(9)20/h5-7,16,20H,4H2,1-3H3. The fraction of sp³-hybridized carbons (Fsp3) is 0.286. The largest absolute Gasteiger partial charge is 0.493 e. The Kier molecular flexibility index (Phi) is 4.67. The number of anilines is 1. The minimum absolute atomic E-state index is 0.0102. The number of hydrogen-bond acceptors (Lipinski definition) is 6. The normalized spacial score (nSPS) is 11.5. The van der Waals surface area contributed by atoms with E-state index in [0.717, 1.165) is 10.9 Å². The molecule has 2 N–H and O–H groups in total. The summed E-state index contributed by atoms with van der Waals surface area (Å²) in [6, 6.07) is 2.65. The van der Waals surface area contributed by atoms with Crippen LogP contribution in [0.15, 0.2) is 23.2 Å². The highest BCUT2D eigenvalue weighted by molar-refractivity contribution is 7.90. The zero-order valence-corrected chi connectivity index (χ0v) is 14.4. The van der Waals surface area contributed by atoms with E-state index in [9.17, 15) is 18.3 Å². The van der Waals surface area contributed by atoms with Crippen LogP contribution in [-0.2, 0) is 16.9 Å². The maximum Gasteiger partial charge on any atom is 0.220 e. The van der Waals surface area contributed by atoms with Crippen molar-refractivity contribution in [3.63, 3.8) is 0 Å². The van der Waals surface area contributed by atoms with Crippen molar-refractivity contribution in [2.24, 2.45) is 7.05 Å². The molecule has 23 heavy (non-hydrogen) atoms. The average Bonchev–Trinajstić information content (AvgIpc) is 2.79. The van der Waals surface area contributed by atoms with Crippen LogP contribution in [0.5, 0.6) is 5.88 Å². The molecular weight excluding hydrogens is 342 g/mol. The van der Waals surface area contributed by atoms with Crippen molar-refractivity contribution in [2.45, 2.75) is 11.8 Å². The second kappa shape index (κ2) is 6.21. The molecule has 1 heterocycles. The average molecular weight is 358 g/mol. The number of aromatic nitrogens is 2. The predicted molar refractivity (Wildman–Crippen MR) is 87.0 cm³/mol. The number of ketones is 1. The van der Waals surface area contributed by atoms with Crippen LogP contribution >= 0.6 is 11.6 Å². The van der Waals surface area contributed by atoms with Crippen LogP contribution in [0.2, 0.25) is 5.02 Å². The number of nitrogens with zero attached hydrogens (tertiary/aromatic N) is 2. The number of aromatic hydroxyl groups is 1. The Labute approximate surface area is 138 Å². The van der Waals surface area contributed by atoms with Gasteiger partial charge in [0, 0.05) is 25.4 Å². The molecular formula is C14H16ClN3O4S. The van der Waals surface area contributed by atoms with E-state index in [4.69, 9.17) is 11.6 Å².